The van der Waals surface area contributed by atoms with Gasteiger partial charge in [-0.2, -0.15) is 0 Å². The minimum Gasteiger partial charge on any atom is -0.406 e. The van der Waals surface area contributed by atoms with E-state index in [9.17, 15) is 18.0 Å². The van der Waals surface area contributed by atoms with E-state index in [-0.39, 0.29) is 5.75 Å². The number of thioether (sulfide) groups is 1. The smallest absolute Gasteiger partial charge is 0.406 e. The van der Waals surface area contributed by atoms with Gasteiger partial charge >= 0.3 is 6.36 Å². The Balaban J connectivity index is 1.39. The van der Waals surface area contributed by atoms with Crippen molar-refractivity contribution < 1.29 is 22.7 Å². The summed E-state index contributed by atoms with van der Waals surface area (Å²) in [5.74, 6) is 0.280. The predicted molar refractivity (Wildman–Crippen MR) is 114 cm³/mol. The summed E-state index contributed by atoms with van der Waals surface area (Å²) in [5, 5.41) is 6.42. The van der Waals surface area contributed by atoms with E-state index in [1.165, 1.54) is 23.9 Å². The molecule has 1 aliphatic carbocycles. The molecule has 11 heteroatoms. The summed E-state index contributed by atoms with van der Waals surface area (Å²) in [4.78, 5) is 25.7. The summed E-state index contributed by atoms with van der Waals surface area (Å²) in [6.07, 6.45) is 0.735. The van der Waals surface area contributed by atoms with E-state index >= 15 is 0 Å². The second-order valence-electron chi connectivity index (χ2n) is 6.96. The first-order valence-corrected chi connectivity index (χ1v) is 10.7. The van der Waals surface area contributed by atoms with Crippen molar-refractivity contribution in [3.8, 4) is 5.75 Å². The molecule has 0 radical (unpaired) electrons. The van der Waals surface area contributed by atoms with Gasteiger partial charge < -0.3 is 15.4 Å². The second kappa shape index (κ2) is 9.43. The van der Waals surface area contributed by atoms with Crippen molar-refractivity contribution in [1.82, 2.24) is 15.0 Å². The van der Waals surface area contributed by atoms with Crippen molar-refractivity contribution in [3.63, 3.8) is 0 Å². The van der Waals surface area contributed by atoms with Crippen LogP contribution in [-0.4, -0.2) is 33.3 Å². The number of nitrogens with one attached hydrogen (secondary N) is 2. The minimum absolute atomic E-state index is 0.330. The number of hydrogen-bond donors (Lipinski definition) is 2. The molecule has 0 spiro atoms. The standard InChI is InChI=1S/C21H18F3N5O2S/c22-21(23,24)31-16-7-5-13(6-8-16)27-18(30)17-2-1-10-25-19(17)32-12-15-9-11-26-20(29-15)28-14-3-4-14/h1-2,5-11,14H,3-4,12H2,(H,27,30)(H,26,28,29). The molecular weight excluding hydrogens is 443 g/mol. The fourth-order valence-electron chi connectivity index (χ4n) is 2.72. The number of benzene rings is 1. The van der Waals surface area contributed by atoms with Gasteiger partial charge in [0.25, 0.3) is 5.91 Å². The van der Waals surface area contributed by atoms with Crippen molar-refractivity contribution in [2.24, 2.45) is 0 Å². The molecule has 32 heavy (non-hydrogen) atoms. The number of amides is 1. The van der Waals surface area contributed by atoms with Crippen LogP contribution in [0.15, 0.2) is 59.9 Å². The van der Waals surface area contributed by atoms with Gasteiger partial charge in [0.1, 0.15) is 10.8 Å². The van der Waals surface area contributed by atoms with Crippen LogP contribution in [0.3, 0.4) is 0 Å². The fraction of sp³-hybridized carbons (Fsp3) is 0.238. The molecule has 1 saturated carbocycles. The van der Waals surface area contributed by atoms with Crippen LogP contribution in [0.2, 0.25) is 0 Å². The van der Waals surface area contributed by atoms with Gasteiger partial charge in [0.2, 0.25) is 5.95 Å². The fourth-order valence-corrected chi connectivity index (χ4v) is 3.61. The van der Waals surface area contributed by atoms with Crippen LogP contribution in [0.5, 0.6) is 5.75 Å². The molecule has 0 bridgehead atoms. The van der Waals surface area contributed by atoms with E-state index in [4.69, 9.17) is 0 Å². The van der Waals surface area contributed by atoms with E-state index in [2.05, 4.69) is 30.3 Å². The van der Waals surface area contributed by atoms with Crippen molar-refractivity contribution in [2.75, 3.05) is 10.6 Å². The number of anilines is 2. The molecule has 0 saturated heterocycles. The lowest BCUT2D eigenvalue weighted by Gasteiger charge is -2.11. The molecule has 1 aromatic carbocycles. The van der Waals surface area contributed by atoms with Crippen LogP contribution in [0, 0.1) is 0 Å². The van der Waals surface area contributed by atoms with Gasteiger partial charge in [-0.15, -0.1) is 13.2 Å². The number of pyridine rings is 1. The normalized spacial score (nSPS) is 13.5. The molecule has 4 rings (SSSR count). The molecular formula is C21H18F3N5O2S. The number of rotatable bonds is 8. The summed E-state index contributed by atoms with van der Waals surface area (Å²) in [6, 6.07) is 10.4. The van der Waals surface area contributed by atoms with Crippen LogP contribution in [0.4, 0.5) is 24.8 Å². The van der Waals surface area contributed by atoms with Crippen molar-refractivity contribution >= 4 is 29.3 Å². The van der Waals surface area contributed by atoms with Crippen molar-refractivity contribution in [1.29, 1.82) is 0 Å². The Morgan fingerprint density at radius 2 is 1.88 bits per heavy atom. The molecule has 1 fully saturated rings. The molecule has 2 N–H and O–H groups in total. The van der Waals surface area contributed by atoms with Gasteiger partial charge in [-0.05, 0) is 55.3 Å². The molecule has 1 aliphatic rings. The highest BCUT2D eigenvalue weighted by Crippen LogP contribution is 2.27. The molecule has 2 aromatic heterocycles. The summed E-state index contributed by atoms with van der Waals surface area (Å²) in [6.45, 7) is 0. The van der Waals surface area contributed by atoms with E-state index in [0.717, 1.165) is 30.7 Å². The largest absolute Gasteiger partial charge is 0.573 e. The summed E-state index contributed by atoms with van der Waals surface area (Å²) < 4.78 is 40.7. The van der Waals surface area contributed by atoms with Gasteiger partial charge in [0.05, 0.1) is 11.3 Å². The highest BCUT2D eigenvalue weighted by molar-refractivity contribution is 7.98. The average molecular weight is 461 g/mol. The number of halogens is 3. The van der Waals surface area contributed by atoms with E-state index < -0.39 is 12.3 Å². The zero-order valence-corrected chi connectivity index (χ0v) is 17.4. The number of carbonyl (C=O) groups excluding carboxylic acids is 1. The third-order valence-electron chi connectivity index (χ3n) is 4.34. The molecule has 2 heterocycles. The van der Waals surface area contributed by atoms with Crippen molar-refractivity contribution in [2.45, 2.75) is 36.0 Å². The Kier molecular flexibility index (Phi) is 6.45. The maximum Gasteiger partial charge on any atom is 0.573 e. The van der Waals surface area contributed by atoms with E-state index in [0.29, 0.717) is 34.0 Å². The SMILES string of the molecule is O=C(Nc1ccc(OC(F)(F)F)cc1)c1cccnc1SCc1ccnc(NC2CC2)n1. The van der Waals surface area contributed by atoms with Gasteiger partial charge in [0, 0.05) is 29.9 Å². The van der Waals surface area contributed by atoms with Gasteiger partial charge in [-0.3, -0.25) is 4.79 Å². The number of hydrogen-bond acceptors (Lipinski definition) is 7. The zero-order chi connectivity index (χ0) is 22.6. The Bertz CT molecular complexity index is 1090. The highest BCUT2D eigenvalue weighted by atomic mass is 32.2. The maximum atomic E-state index is 12.7. The monoisotopic (exact) mass is 461 g/mol. The highest BCUT2D eigenvalue weighted by Gasteiger charge is 2.31. The number of nitrogens with zero attached hydrogens (tertiary/aromatic N) is 3. The van der Waals surface area contributed by atoms with Crippen LogP contribution < -0.4 is 15.4 Å². The van der Waals surface area contributed by atoms with E-state index in [1.807, 2.05) is 0 Å². The van der Waals surface area contributed by atoms with Gasteiger partial charge in [-0.1, -0.05) is 11.8 Å². The summed E-state index contributed by atoms with van der Waals surface area (Å²) >= 11 is 1.36. The molecule has 1 amide bonds. The Labute approximate surface area is 185 Å². The molecule has 7 nitrogen and oxygen atoms in total. The van der Waals surface area contributed by atoms with E-state index in [1.54, 1.807) is 30.6 Å². The second-order valence-corrected chi connectivity index (χ2v) is 7.93. The zero-order valence-electron chi connectivity index (χ0n) is 16.6. The quantitative estimate of drug-likeness (QED) is 0.462. The Hall–Kier alpha value is -3.34. The lowest BCUT2D eigenvalue weighted by atomic mass is 10.2. The predicted octanol–water partition coefficient (Wildman–Crippen LogP) is 4.89. The summed E-state index contributed by atoms with van der Waals surface area (Å²) in [5.41, 5.74) is 1.47. The van der Waals surface area contributed by atoms with Crippen LogP contribution in [0.25, 0.3) is 0 Å². The molecule has 0 aliphatic heterocycles. The molecule has 166 valence electrons. The summed E-state index contributed by atoms with van der Waals surface area (Å²) in [7, 11) is 0. The third-order valence-corrected chi connectivity index (χ3v) is 5.38. The Morgan fingerprint density at radius 1 is 1.09 bits per heavy atom. The molecule has 0 unspecified atom stereocenters. The first-order chi connectivity index (χ1) is 15.4. The van der Waals surface area contributed by atoms with Gasteiger partial charge in [-0.25, -0.2) is 15.0 Å². The first kappa shape index (κ1) is 21.9. The molecule has 0 atom stereocenters. The third kappa shape index (κ3) is 6.33. The van der Waals surface area contributed by atoms with Crippen molar-refractivity contribution in [3.05, 3.63) is 66.1 Å². The number of ether oxygens (including phenoxy) is 1. The Morgan fingerprint density at radius 3 is 2.59 bits per heavy atom. The van der Waals surface area contributed by atoms with Crippen LogP contribution >= 0.6 is 11.8 Å². The topological polar surface area (TPSA) is 89.0 Å². The van der Waals surface area contributed by atoms with Crippen LogP contribution in [-0.2, 0) is 5.75 Å². The lowest BCUT2D eigenvalue weighted by molar-refractivity contribution is -0.274. The number of carbonyl (C=O) groups is 1. The van der Waals surface area contributed by atoms with Crippen LogP contribution in [0.1, 0.15) is 28.9 Å². The first-order valence-electron chi connectivity index (χ1n) is 9.69. The average Bonchev–Trinajstić information content (AvgIpc) is 3.57. The molecule has 3 aromatic rings. The maximum absolute atomic E-state index is 12.7. The lowest BCUT2D eigenvalue weighted by Crippen LogP contribution is -2.17. The minimum atomic E-state index is -4.77. The number of alkyl halides is 3. The number of aromatic nitrogens is 3. The van der Waals surface area contributed by atoms with Gasteiger partial charge in [0.15, 0.2) is 0 Å².